The fraction of sp³-hybridized carbons (Fsp3) is 0.176. The minimum Gasteiger partial charge on any atom is -0.392 e. The van der Waals surface area contributed by atoms with Crippen LogP contribution in [0.1, 0.15) is 6.92 Å². The molecule has 0 aliphatic heterocycles. The molecule has 3 aromatic rings. The van der Waals surface area contributed by atoms with Crippen molar-refractivity contribution in [3.05, 3.63) is 59.1 Å². The van der Waals surface area contributed by atoms with Gasteiger partial charge in [-0.2, -0.15) is 0 Å². The molecule has 2 N–H and O–H groups in total. The lowest BCUT2D eigenvalue weighted by molar-refractivity contribution is 0.176. The summed E-state index contributed by atoms with van der Waals surface area (Å²) in [6, 6.07) is 18.4. The van der Waals surface area contributed by atoms with Crippen molar-refractivity contribution in [2.75, 3.05) is 5.32 Å². The van der Waals surface area contributed by atoms with E-state index >= 15 is 0 Å². The van der Waals surface area contributed by atoms with Crippen LogP contribution >= 0.6 is 15.9 Å². The van der Waals surface area contributed by atoms with Crippen LogP contribution < -0.4 is 5.32 Å². The summed E-state index contributed by atoms with van der Waals surface area (Å²) in [6.07, 6.45) is -0.397. The molecule has 0 radical (unpaired) electrons. The first-order valence-corrected chi connectivity index (χ1v) is 7.72. The number of para-hydroxylation sites is 1. The summed E-state index contributed by atoms with van der Waals surface area (Å²) in [7, 11) is 0. The first-order chi connectivity index (χ1) is 10.1. The molecule has 0 aliphatic carbocycles. The number of nitrogens with one attached hydrogen (secondary N) is 1. The fourth-order valence-electron chi connectivity index (χ4n) is 2.46. The highest BCUT2D eigenvalue weighted by molar-refractivity contribution is 9.10. The Morgan fingerprint density at radius 1 is 1.14 bits per heavy atom. The molecule has 0 saturated heterocycles. The van der Waals surface area contributed by atoms with E-state index in [1.807, 2.05) is 36.4 Å². The van der Waals surface area contributed by atoms with E-state index < -0.39 is 6.10 Å². The van der Waals surface area contributed by atoms with E-state index in [4.69, 9.17) is 0 Å². The van der Waals surface area contributed by atoms with Gasteiger partial charge in [-0.1, -0.05) is 34.1 Å². The Hall–Kier alpha value is -1.78. The van der Waals surface area contributed by atoms with Crippen LogP contribution in [-0.4, -0.2) is 15.8 Å². The highest BCUT2D eigenvalue weighted by Crippen LogP contribution is 2.27. The van der Waals surface area contributed by atoms with E-state index in [0.717, 1.165) is 26.9 Å². The lowest BCUT2D eigenvalue weighted by Crippen LogP contribution is -2.13. The lowest BCUT2D eigenvalue weighted by atomic mass is 10.2. The van der Waals surface area contributed by atoms with Crippen LogP contribution in [0.3, 0.4) is 0 Å². The van der Waals surface area contributed by atoms with Gasteiger partial charge < -0.3 is 15.0 Å². The maximum Gasteiger partial charge on any atom is 0.111 e. The van der Waals surface area contributed by atoms with E-state index in [0.29, 0.717) is 6.54 Å². The SMILES string of the molecule is CC(O)Cn1c(Nc2ccc(Br)cc2)cc2ccccc21. The number of aromatic nitrogens is 1. The molecule has 3 nitrogen and oxygen atoms in total. The van der Waals surface area contributed by atoms with Gasteiger partial charge in [-0.15, -0.1) is 0 Å². The van der Waals surface area contributed by atoms with Crippen molar-refractivity contribution in [2.45, 2.75) is 19.6 Å². The van der Waals surface area contributed by atoms with Gasteiger partial charge in [-0.05, 0) is 43.3 Å². The van der Waals surface area contributed by atoms with Crippen LogP contribution in [0.5, 0.6) is 0 Å². The number of rotatable bonds is 4. The standard InChI is InChI=1S/C17H17BrN2O/c1-12(21)11-20-16-5-3-2-4-13(16)10-17(20)19-15-8-6-14(18)7-9-15/h2-10,12,19,21H,11H2,1H3. The number of aliphatic hydroxyl groups excluding tert-OH is 1. The van der Waals surface area contributed by atoms with E-state index in [1.54, 1.807) is 6.92 Å². The molecule has 4 heteroatoms. The second-order valence-corrected chi connectivity index (χ2v) is 6.10. The number of nitrogens with zero attached hydrogens (tertiary/aromatic N) is 1. The lowest BCUT2D eigenvalue weighted by Gasteiger charge is -2.14. The Morgan fingerprint density at radius 2 is 1.86 bits per heavy atom. The number of fused-ring (bicyclic) bond motifs is 1. The predicted octanol–water partition coefficient (Wildman–Crippen LogP) is 4.53. The van der Waals surface area contributed by atoms with Crippen molar-refractivity contribution in [1.29, 1.82) is 0 Å². The van der Waals surface area contributed by atoms with Gasteiger partial charge in [0.2, 0.25) is 0 Å². The summed E-state index contributed by atoms with van der Waals surface area (Å²) in [5.74, 6) is 0.986. The minimum atomic E-state index is -0.397. The number of halogens is 1. The van der Waals surface area contributed by atoms with Gasteiger partial charge in [0.05, 0.1) is 12.6 Å². The molecular formula is C17H17BrN2O. The molecule has 0 bridgehead atoms. The van der Waals surface area contributed by atoms with Crippen LogP contribution in [0.2, 0.25) is 0 Å². The van der Waals surface area contributed by atoms with Gasteiger partial charge in [0.15, 0.2) is 0 Å². The molecule has 1 aromatic heterocycles. The van der Waals surface area contributed by atoms with Crippen LogP contribution in [0.25, 0.3) is 10.9 Å². The van der Waals surface area contributed by atoms with Gasteiger partial charge >= 0.3 is 0 Å². The molecule has 1 heterocycles. The van der Waals surface area contributed by atoms with Crippen LogP contribution in [0, 0.1) is 0 Å². The van der Waals surface area contributed by atoms with Gasteiger partial charge in [-0.25, -0.2) is 0 Å². The molecule has 0 fully saturated rings. The minimum absolute atomic E-state index is 0.397. The van der Waals surface area contributed by atoms with Gasteiger partial charge in [0.25, 0.3) is 0 Å². The Bertz CT molecular complexity index is 747. The summed E-state index contributed by atoms with van der Waals surface area (Å²) < 4.78 is 3.17. The Kier molecular flexibility index (Phi) is 3.99. The maximum absolute atomic E-state index is 9.76. The molecule has 108 valence electrons. The van der Waals surface area contributed by atoms with Crippen molar-refractivity contribution in [1.82, 2.24) is 4.57 Å². The number of aliphatic hydroxyl groups is 1. The third-order valence-corrected chi connectivity index (χ3v) is 3.90. The van der Waals surface area contributed by atoms with Crippen molar-refractivity contribution >= 4 is 38.3 Å². The van der Waals surface area contributed by atoms with Gasteiger partial charge in [-0.3, -0.25) is 0 Å². The molecule has 0 spiro atoms. The normalized spacial score (nSPS) is 12.5. The number of hydrogen-bond donors (Lipinski definition) is 2. The molecule has 0 amide bonds. The van der Waals surface area contributed by atoms with Crippen molar-refractivity contribution in [3.8, 4) is 0 Å². The van der Waals surface area contributed by atoms with Crippen molar-refractivity contribution in [2.24, 2.45) is 0 Å². The third-order valence-electron chi connectivity index (χ3n) is 3.37. The second kappa shape index (κ2) is 5.92. The van der Waals surface area contributed by atoms with E-state index in [9.17, 15) is 5.11 Å². The highest BCUT2D eigenvalue weighted by Gasteiger charge is 2.10. The molecule has 0 saturated carbocycles. The Balaban J connectivity index is 2.02. The van der Waals surface area contributed by atoms with Crippen molar-refractivity contribution in [3.63, 3.8) is 0 Å². The molecule has 1 atom stereocenters. The highest BCUT2D eigenvalue weighted by atomic mass is 79.9. The number of benzene rings is 2. The summed E-state index contributed by atoms with van der Waals surface area (Å²) in [4.78, 5) is 0. The van der Waals surface area contributed by atoms with Gasteiger partial charge in [0.1, 0.15) is 5.82 Å². The average molecular weight is 345 g/mol. The van der Waals surface area contributed by atoms with E-state index in [-0.39, 0.29) is 0 Å². The summed E-state index contributed by atoms with van der Waals surface area (Å²) >= 11 is 3.44. The number of hydrogen-bond acceptors (Lipinski definition) is 2. The third kappa shape index (κ3) is 3.12. The van der Waals surface area contributed by atoms with Crippen molar-refractivity contribution < 1.29 is 5.11 Å². The fourth-order valence-corrected chi connectivity index (χ4v) is 2.72. The molecule has 21 heavy (non-hydrogen) atoms. The predicted molar refractivity (Wildman–Crippen MR) is 91.0 cm³/mol. The molecule has 1 unspecified atom stereocenters. The second-order valence-electron chi connectivity index (χ2n) is 5.18. The van der Waals surface area contributed by atoms with Crippen LogP contribution in [0.4, 0.5) is 11.5 Å². The first-order valence-electron chi connectivity index (χ1n) is 6.92. The Morgan fingerprint density at radius 3 is 2.57 bits per heavy atom. The smallest absolute Gasteiger partial charge is 0.111 e. The molecule has 0 aliphatic rings. The van der Waals surface area contributed by atoms with Crippen LogP contribution in [-0.2, 0) is 6.54 Å². The summed E-state index contributed by atoms with van der Waals surface area (Å²) in [6.45, 7) is 2.37. The maximum atomic E-state index is 9.76. The zero-order valence-corrected chi connectivity index (χ0v) is 13.3. The first kappa shape index (κ1) is 14.2. The topological polar surface area (TPSA) is 37.2 Å². The summed E-state index contributed by atoms with van der Waals surface area (Å²) in [5.41, 5.74) is 2.14. The number of anilines is 2. The average Bonchev–Trinajstić information content (AvgIpc) is 2.79. The van der Waals surface area contributed by atoms with E-state index in [2.05, 4.69) is 44.0 Å². The molecule has 2 aromatic carbocycles. The van der Waals surface area contributed by atoms with Crippen LogP contribution in [0.15, 0.2) is 59.1 Å². The zero-order chi connectivity index (χ0) is 14.8. The quantitative estimate of drug-likeness (QED) is 0.729. The largest absolute Gasteiger partial charge is 0.392 e. The molecule has 3 rings (SSSR count). The summed E-state index contributed by atoms with van der Waals surface area (Å²) in [5, 5.41) is 14.3. The molecular weight excluding hydrogens is 328 g/mol. The zero-order valence-electron chi connectivity index (χ0n) is 11.8. The Labute approximate surface area is 132 Å². The van der Waals surface area contributed by atoms with Gasteiger partial charge in [0, 0.05) is 21.1 Å². The monoisotopic (exact) mass is 344 g/mol. The van der Waals surface area contributed by atoms with E-state index in [1.165, 1.54) is 0 Å².